The summed E-state index contributed by atoms with van der Waals surface area (Å²) in [7, 11) is 0. The molecule has 0 aliphatic rings. The molecule has 0 aliphatic carbocycles. The number of amides is 1. The zero-order valence-electron chi connectivity index (χ0n) is 15.3. The Morgan fingerprint density at radius 2 is 1.76 bits per heavy atom. The second-order valence-corrected chi connectivity index (χ2v) is 6.28. The number of nitrogens with one attached hydrogen (secondary N) is 2. The Kier molecular flexibility index (Phi) is 5.94. The number of halogens is 1. The van der Waals surface area contributed by atoms with Gasteiger partial charge < -0.3 is 15.0 Å². The Bertz CT molecular complexity index is 1180. The lowest BCUT2D eigenvalue weighted by Crippen LogP contribution is -2.38. The van der Waals surface area contributed by atoms with Crippen LogP contribution in [0.2, 0.25) is 5.02 Å². The van der Waals surface area contributed by atoms with Crippen LogP contribution in [0.1, 0.15) is 27.6 Å². The van der Waals surface area contributed by atoms with Gasteiger partial charge in [-0.1, -0.05) is 23.7 Å². The molecule has 0 fully saturated rings. The molecular weight excluding hydrogens is 398 g/mol. The van der Waals surface area contributed by atoms with Crippen molar-refractivity contribution < 1.29 is 14.3 Å². The van der Waals surface area contributed by atoms with Crippen molar-refractivity contribution >= 4 is 29.2 Å². The van der Waals surface area contributed by atoms with E-state index in [4.69, 9.17) is 16.3 Å². The third kappa shape index (κ3) is 4.27. The summed E-state index contributed by atoms with van der Waals surface area (Å²) in [6.07, 6.45) is 1.03. The highest BCUT2D eigenvalue weighted by Crippen LogP contribution is 2.17. The van der Waals surface area contributed by atoms with Crippen molar-refractivity contribution in [2.75, 3.05) is 11.9 Å². The maximum atomic E-state index is 12.8. The molecule has 1 heterocycles. The smallest absolute Gasteiger partial charge is 0.340 e. The van der Waals surface area contributed by atoms with Crippen LogP contribution in [0.25, 0.3) is 5.69 Å². The molecule has 3 aromatic rings. The lowest BCUT2D eigenvalue weighted by atomic mass is 10.1. The molecule has 1 amide bonds. The Labute approximate surface area is 169 Å². The van der Waals surface area contributed by atoms with E-state index in [0.717, 1.165) is 10.8 Å². The summed E-state index contributed by atoms with van der Waals surface area (Å²) >= 11 is 5.84. The minimum Gasteiger partial charge on any atom is -0.462 e. The highest BCUT2D eigenvalue weighted by Gasteiger charge is 2.19. The van der Waals surface area contributed by atoms with Crippen molar-refractivity contribution in [1.29, 1.82) is 0 Å². The molecule has 148 valence electrons. The van der Waals surface area contributed by atoms with Crippen LogP contribution in [-0.2, 0) is 4.74 Å². The molecule has 0 radical (unpaired) electrons. The van der Waals surface area contributed by atoms with Crippen LogP contribution in [0.4, 0.5) is 5.69 Å². The summed E-state index contributed by atoms with van der Waals surface area (Å²) in [5, 5.41) is 2.95. The Hall–Kier alpha value is -3.65. The third-order valence-electron chi connectivity index (χ3n) is 3.98. The van der Waals surface area contributed by atoms with Crippen LogP contribution in [0.5, 0.6) is 0 Å². The van der Waals surface area contributed by atoms with Crippen molar-refractivity contribution in [3.05, 3.63) is 91.7 Å². The number of benzene rings is 2. The lowest BCUT2D eigenvalue weighted by Gasteiger charge is -2.11. The van der Waals surface area contributed by atoms with Crippen LogP contribution in [-0.4, -0.2) is 28.0 Å². The molecular formula is C20H16ClN3O5. The number of anilines is 1. The highest BCUT2D eigenvalue weighted by molar-refractivity contribution is 6.30. The topological polar surface area (TPSA) is 110 Å². The summed E-state index contributed by atoms with van der Waals surface area (Å²) in [5.41, 5.74) is -1.26. The van der Waals surface area contributed by atoms with E-state index in [1.54, 1.807) is 19.1 Å². The highest BCUT2D eigenvalue weighted by atomic mass is 35.5. The quantitative estimate of drug-likeness (QED) is 0.625. The first kappa shape index (κ1) is 20.1. The number of aromatic amines is 1. The van der Waals surface area contributed by atoms with Gasteiger partial charge in [0.05, 0.1) is 23.5 Å². The Morgan fingerprint density at radius 1 is 1.07 bits per heavy atom. The van der Waals surface area contributed by atoms with Crippen molar-refractivity contribution in [2.45, 2.75) is 6.92 Å². The van der Waals surface area contributed by atoms with Crippen LogP contribution in [0, 0.1) is 0 Å². The summed E-state index contributed by atoms with van der Waals surface area (Å²) < 4.78 is 5.79. The van der Waals surface area contributed by atoms with E-state index in [1.165, 1.54) is 36.4 Å². The van der Waals surface area contributed by atoms with Crippen LogP contribution in [0.15, 0.2) is 64.3 Å². The average molecular weight is 414 g/mol. The minimum absolute atomic E-state index is 0.144. The largest absolute Gasteiger partial charge is 0.462 e. The molecule has 0 atom stereocenters. The number of H-pyrrole nitrogens is 1. The molecule has 0 saturated carbocycles. The number of aromatic nitrogens is 2. The van der Waals surface area contributed by atoms with Gasteiger partial charge in [-0.25, -0.2) is 14.2 Å². The Balaban J connectivity index is 1.99. The van der Waals surface area contributed by atoms with Crippen LogP contribution >= 0.6 is 11.6 Å². The molecule has 0 spiro atoms. The van der Waals surface area contributed by atoms with Gasteiger partial charge in [-0.15, -0.1) is 0 Å². The van der Waals surface area contributed by atoms with Crippen molar-refractivity contribution in [3.8, 4) is 5.69 Å². The lowest BCUT2D eigenvalue weighted by molar-refractivity contribution is 0.0527. The van der Waals surface area contributed by atoms with Gasteiger partial charge in [0, 0.05) is 11.2 Å². The third-order valence-corrected chi connectivity index (χ3v) is 4.23. The fourth-order valence-electron chi connectivity index (χ4n) is 2.63. The van der Waals surface area contributed by atoms with E-state index in [0.29, 0.717) is 5.02 Å². The molecule has 0 bridgehead atoms. The molecule has 2 N–H and O–H groups in total. The molecule has 3 rings (SSSR count). The maximum Gasteiger partial charge on any atom is 0.340 e. The predicted molar refractivity (Wildman–Crippen MR) is 108 cm³/mol. The molecule has 8 nitrogen and oxygen atoms in total. The van der Waals surface area contributed by atoms with E-state index in [1.807, 2.05) is 0 Å². The minimum atomic E-state index is -0.817. The number of rotatable bonds is 5. The molecule has 29 heavy (non-hydrogen) atoms. The summed E-state index contributed by atoms with van der Waals surface area (Å²) in [5.74, 6) is -1.39. The number of nitrogens with zero attached hydrogens (tertiary/aromatic N) is 1. The number of para-hydroxylation sites is 1. The van der Waals surface area contributed by atoms with Gasteiger partial charge >= 0.3 is 11.7 Å². The normalized spacial score (nSPS) is 10.4. The SMILES string of the molecule is CCOC(=O)c1ccccc1NC(=O)c1c[nH]c(=O)n(-c2ccc(Cl)cc2)c1=O. The maximum absolute atomic E-state index is 12.8. The summed E-state index contributed by atoms with van der Waals surface area (Å²) in [4.78, 5) is 52.1. The van der Waals surface area contributed by atoms with Gasteiger partial charge in [0.2, 0.25) is 0 Å². The van der Waals surface area contributed by atoms with Gasteiger partial charge in [0.15, 0.2) is 0 Å². The van der Waals surface area contributed by atoms with Crippen LogP contribution in [0.3, 0.4) is 0 Å². The van der Waals surface area contributed by atoms with Gasteiger partial charge in [0.1, 0.15) is 5.56 Å². The van der Waals surface area contributed by atoms with Crippen molar-refractivity contribution in [1.82, 2.24) is 9.55 Å². The van der Waals surface area contributed by atoms with Crippen LogP contribution < -0.4 is 16.6 Å². The molecule has 9 heteroatoms. The first-order valence-corrected chi connectivity index (χ1v) is 8.98. The van der Waals surface area contributed by atoms with Gasteiger partial charge in [-0.3, -0.25) is 9.59 Å². The van der Waals surface area contributed by atoms with Gasteiger partial charge in [-0.05, 0) is 43.3 Å². The van der Waals surface area contributed by atoms with Crippen molar-refractivity contribution in [2.24, 2.45) is 0 Å². The summed E-state index contributed by atoms with van der Waals surface area (Å²) in [6.45, 7) is 1.84. The summed E-state index contributed by atoms with van der Waals surface area (Å²) in [6, 6.07) is 12.2. The molecule has 1 aromatic heterocycles. The molecule has 0 aliphatic heterocycles. The predicted octanol–water partition coefficient (Wildman–Crippen LogP) is 2.61. The number of hydrogen-bond donors (Lipinski definition) is 2. The fraction of sp³-hybridized carbons (Fsp3) is 0.100. The van der Waals surface area contributed by atoms with E-state index in [2.05, 4.69) is 10.3 Å². The first-order chi connectivity index (χ1) is 13.9. The average Bonchev–Trinajstić information content (AvgIpc) is 2.70. The van der Waals surface area contributed by atoms with E-state index in [-0.39, 0.29) is 29.1 Å². The number of ether oxygens (including phenoxy) is 1. The van der Waals surface area contributed by atoms with Crippen molar-refractivity contribution in [3.63, 3.8) is 0 Å². The van der Waals surface area contributed by atoms with E-state index < -0.39 is 23.1 Å². The zero-order valence-corrected chi connectivity index (χ0v) is 16.0. The Morgan fingerprint density at radius 3 is 2.45 bits per heavy atom. The van der Waals surface area contributed by atoms with E-state index >= 15 is 0 Å². The number of hydrogen-bond acceptors (Lipinski definition) is 5. The first-order valence-electron chi connectivity index (χ1n) is 8.60. The zero-order chi connectivity index (χ0) is 21.0. The van der Waals surface area contributed by atoms with Gasteiger partial charge in [-0.2, -0.15) is 0 Å². The number of carbonyl (C=O) groups is 2. The fourth-order valence-corrected chi connectivity index (χ4v) is 2.75. The standard InChI is InChI=1S/C20H16ClN3O5/c1-2-29-19(27)14-5-3-4-6-16(14)23-17(25)15-11-22-20(28)24(18(15)26)13-9-7-12(21)8-10-13/h3-11H,2H2,1H3,(H,22,28)(H,23,25). The number of esters is 1. The second-order valence-electron chi connectivity index (χ2n) is 5.84. The monoisotopic (exact) mass is 413 g/mol. The molecule has 0 unspecified atom stereocenters. The number of carbonyl (C=O) groups excluding carboxylic acids is 2. The van der Waals surface area contributed by atoms with Gasteiger partial charge in [0.25, 0.3) is 11.5 Å². The van der Waals surface area contributed by atoms with E-state index in [9.17, 15) is 19.2 Å². The second kappa shape index (κ2) is 8.57. The molecule has 2 aromatic carbocycles. The molecule has 0 saturated heterocycles.